The van der Waals surface area contributed by atoms with Gasteiger partial charge in [0.25, 0.3) is 0 Å². The van der Waals surface area contributed by atoms with E-state index in [1.54, 1.807) is 26.0 Å². The molecule has 0 aliphatic carbocycles. The van der Waals surface area contributed by atoms with Gasteiger partial charge in [-0.25, -0.2) is 0 Å². The summed E-state index contributed by atoms with van der Waals surface area (Å²) in [5, 5.41) is 2.04. The first-order chi connectivity index (χ1) is 9.65. The van der Waals surface area contributed by atoms with E-state index in [4.69, 9.17) is 9.47 Å². The molecule has 1 aromatic carbocycles. The molecule has 2 rings (SSSR count). The minimum Gasteiger partial charge on any atom is -0.493 e. The molecule has 4 nitrogen and oxygen atoms in total. The maximum absolute atomic E-state index is 11.9. The van der Waals surface area contributed by atoms with E-state index in [9.17, 15) is 4.79 Å². The number of hydrogen-bond donors (Lipinski definition) is 0. The van der Waals surface area contributed by atoms with Gasteiger partial charge in [-0.2, -0.15) is 0 Å². The molecule has 0 fully saturated rings. The number of rotatable bonds is 5. The number of carbonyl (C=O) groups excluding carboxylic acids is 1. The monoisotopic (exact) mass is 293 g/mol. The molecule has 1 amide bonds. The highest BCUT2D eigenvalue weighted by Crippen LogP contribution is 2.28. The average molecular weight is 293 g/mol. The summed E-state index contributed by atoms with van der Waals surface area (Å²) in [6, 6.07) is 5.86. The molecule has 1 aliphatic rings. The second-order valence-electron chi connectivity index (χ2n) is 4.55. The van der Waals surface area contributed by atoms with Gasteiger partial charge in [0.1, 0.15) is 0 Å². The summed E-state index contributed by atoms with van der Waals surface area (Å²) in [6.07, 6.45) is 0.794. The van der Waals surface area contributed by atoms with Gasteiger partial charge < -0.3 is 14.4 Å². The molecule has 5 heteroatoms. The van der Waals surface area contributed by atoms with Gasteiger partial charge in [-0.1, -0.05) is 6.07 Å². The van der Waals surface area contributed by atoms with E-state index in [1.165, 1.54) is 0 Å². The molecule has 0 N–H and O–H groups in total. The fourth-order valence-electron chi connectivity index (χ4n) is 2.15. The summed E-state index contributed by atoms with van der Waals surface area (Å²) in [6.45, 7) is 2.66. The molecule has 0 unspecified atom stereocenters. The zero-order chi connectivity index (χ0) is 14.5. The van der Waals surface area contributed by atoms with Crippen molar-refractivity contribution in [3.63, 3.8) is 0 Å². The Hall–Kier alpha value is -1.62. The van der Waals surface area contributed by atoms with Crippen molar-refractivity contribution >= 4 is 17.7 Å². The third-order valence-corrected chi connectivity index (χ3v) is 4.18. The highest BCUT2D eigenvalue weighted by Gasteiger charge is 2.18. The van der Waals surface area contributed by atoms with Crippen LogP contribution in [0.3, 0.4) is 0 Å². The molecule has 0 saturated carbocycles. The number of allylic oxidation sites excluding steroid dienone is 1. The molecule has 0 radical (unpaired) electrons. The van der Waals surface area contributed by atoms with Gasteiger partial charge in [-0.3, -0.25) is 4.79 Å². The number of hydrogen-bond acceptors (Lipinski definition) is 4. The maximum Gasteiger partial charge on any atom is 0.237 e. The van der Waals surface area contributed by atoms with Crippen molar-refractivity contribution < 1.29 is 14.3 Å². The molecule has 108 valence electrons. The van der Waals surface area contributed by atoms with Crippen LogP contribution in [0.25, 0.3) is 0 Å². The molecule has 20 heavy (non-hydrogen) atoms. The van der Waals surface area contributed by atoms with E-state index in [2.05, 4.69) is 0 Å². The number of benzene rings is 1. The third kappa shape index (κ3) is 3.28. The van der Waals surface area contributed by atoms with Gasteiger partial charge in [-0.15, -0.1) is 11.8 Å². The maximum atomic E-state index is 11.9. The first kappa shape index (κ1) is 14.8. The normalized spacial score (nSPS) is 15.1. The number of thioether (sulfide) groups is 1. The van der Waals surface area contributed by atoms with Crippen molar-refractivity contribution in [3.8, 4) is 11.5 Å². The number of methoxy groups -OCH3 is 2. The van der Waals surface area contributed by atoms with Gasteiger partial charge in [0, 0.05) is 12.2 Å². The van der Waals surface area contributed by atoms with Gasteiger partial charge in [-0.05, 0) is 36.4 Å². The lowest BCUT2D eigenvalue weighted by molar-refractivity contribution is -0.126. The highest BCUT2D eigenvalue weighted by atomic mass is 32.2. The van der Waals surface area contributed by atoms with Gasteiger partial charge in [0.15, 0.2) is 11.5 Å². The summed E-state index contributed by atoms with van der Waals surface area (Å²) >= 11 is 1.56. The Morgan fingerprint density at radius 1 is 1.25 bits per heavy atom. The van der Waals surface area contributed by atoms with E-state index in [0.717, 1.165) is 29.2 Å². The lowest BCUT2D eigenvalue weighted by Gasteiger charge is -2.26. The van der Waals surface area contributed by atoms with Crippen molar-refractivity contribution in [2.24, 2.45) is 0 Å². The Bertz CT molecular complexity index is 528. The summed E-state index contributed by atoms with van der Waals surface area (Å²) in [5.41, 5.74) is 2.15. The van der Waals surface area contributed by atoms with E-state index in [-0.39, 0.29) is 5.91 Å². The molecule has 0 saturated heterocycles. The van der Waals surface area contributed by atoms with Crippen LogP contribution in [-0.2, 0) is 11.2 Å². The molecule has 0 spiro atoms. The minimum atomic E-state index is 0.176. The zero-order valence-corrected chi connectivity index (χ0v) is 12.8. The molecule has 1 aromatic rings. The van der Waals surface area contributed by atoms with Crippen LogP contribution in [0.5, 0.6) is 11.5 Å². The summed E-state index contributed by atoms with van der Waals surface area (Å²) < 4.78 is 10.5. The van der Waals surface area contributed by atoms with Gasteiger partial charge >= 0.3 is 0 Å². The topological polar surface area (TPSA) is 38.8 Å². The molecule has 1 aliphatic heterocycles. The standard InChI is InChI=1S/C15H19NO3S/c1-11-9-20-10-15(17)16(11)7-6-12-4-5-13(18-2)14(8-12)19-3/h4-5,8-9H,6-7,10H2,1-3H3. The van der Waals surface area contributed by atoms with Crippen LogP contribution in [0.1, 0.15) is 12.5 Å². The summed E-state index contributed by atoms with van der Waals surface area (Å²) in [5.74, 6) is 2.15. The molecular weight excluding hydrogens is 274 g/mol. The van der Waals surface area contributed by atoms with Crippen molar-refractivity contribution in [1.82, 2.24) is 4.90 Å². The SMILES string of the molecule is COc1ccc(CCN2C(=O)CSC=C2C)cc1OC. The van der Waals surface area contributed by atoms with Crippen molar-refractivity contribution in [2.75, 3.05) is 26.5 Å². The number of nitrogens with zero attached hydrogens (tertiary/aromatic N) is 1. The summed E-state index contributed by atoms with van der Waals surface area (Å²) in [7, 11) is 3.25. The number of amides is 1. The predicted molar refractivity (Wildman–Crippen MR) is 81.2 cm³/mol. The highest BCUT2D eigenvalue weighted by molar-refractivity contribution is 8.02. The van der Waals surface area contributed by atoms with Crippen LogP contribution in [0.15, 0.2) is 29.3 Å². The molecule has 0 aromatic heterocycles. The Labute approximate surface area is 123 Å². The van der Waals surface area contributed by atoms with E-state index in [0.29, 0.717) is 12.3 Å². The fourth-order valence-corrected chi connectivity index (χ4v) is 2.90. The lowest BCUT2D eigenvalue weighted by atomic mass is 10.1. The van der Waals surface area contributed by atoms with Crippen LogP contribution in [-0.4, -0.2) is 37.3 Å². The Morgan fingerprint density at radius 3 is 2.65 bits per heavy atom. The Morgan fingerprint density at radius 2 is 2.00 bits per heavy atom. The molecular formula is C15H19NO3S. The third-order valence-electron chi connectivity index (χ3n) is 3.26. The van der Waals surface area contributed by atoms with Crippen LogP contribution in [0.4, 0.5) is 0 Å². The quantitative estimate of drug-likeness (QED) is 0.836. The lowest BCUT2D eigenvalue weighted by Crippen LogP contribution is -2.34. The second-order valence-corrected chi connectivity index (χ2v) is 5.41. The van der Waals surface area contributed by atoms with Crippen molar-refractivity contribution in [1.29, 1.82) is 0 Å². The summed E-state index contributed by atoms with van der Waals surface area (Å²) in [4.78, 5) is 13.7. The number of carbonyl (C=O) groups is 1. The largest absolute Gasteiger partial charge is 0.493 e. The van der Waals surface area contributed by atoms with Crippen LogP contribution < -0.4 is 9.47 Å². The van der Waals surface area contributed by atoms with Gasteiger partial charge in [0.05, 0.1) is 20.0 Å². The molecule has 0 atom stereocenters. The van der Waals surface area contributed by atoms with Crippen LogP contribution >= 0.6 is 11.8 Å². The first-order valence-corrected chi connectivity index (χ1v) is 7.50. The van der Waals surface area contributed by atoms with Crippen molar-refractivity contribution in [2.45, 2.75) is 13.3 Å². The average Bonchev–Trinajstić information content (AvgIpc) is 2.46. The minimum absolute atomic E-state index is 0.176. The fraction of sp³-hybridized carbons (Fsp3) is 0.400. The van der Waals surface area contributed by atoms with E-state index < -0.39 is 0 Å². The van der Waals surface area contributed by atoms with Crippen molar-refractivity contribution in [3.05, 3.63) is 34.9 Å². The van der Waals surface area contributed by atoms with E-state index >= 15 is 0 Å². The second kappa shape index (κ2) is 6.70. The number of ether oxygens (including phenoxy) is 2. The molecule has 0 bridgehead atoms. The molecule has 1 heterocycles. The Balaban J connectivity index is 2.05. The Kier molecular flexibility index (Phi) is 4.95. The smallest absolute Gasteiger partial charge is 0.237 e. The van der Waals surface area contributed by atoms with Crippen LogP contribution in [0.2, 0.25) is 0 Å². The zero-order valence-electron chi connectivity index (χ0n) is 12.0. The van der Waals surface area contributed by atoms with Gasteiger partial charge in [0.2, 0.25) is 5.91 Å². The van der Waals surface area contributed by atoms with E-state index in [1.807, 2.05) is 35.4 Å². The first-order valence-electron chi connectivity index (χ1n) is 6.45. The van der Waals surface area contributed by atoms with Crippen LogP contribution in [0, 0.1) is 0 Å². The predicted octanol–water partition coefficient (Wildman–Crippen LogP) is 2.68.